The number of carbonyl (C=O) groups excluding carboxylic acids is 1. The molecule has 0 aliphatic heterocycles. The second-order valence-electron chi connectivity index (χ2n) is 8.26. The first-order valence-corrected chi connectivity index (χ1v) is 11.5. The molecule has 0 bridgehead atoms. The molecule has 1 N–H and O–H groups in total. The third-order valence-corrected chi connectivity index (χ3v) is 5.64. The molecule has 188 valence electrons. The summed E-state index contributed by atoms with van der Waals surface area (Å²) in [5, 5.41) is 3.66. The van der Waals surface area contributed by atoms with E-state index in [-0.39, 0.29) is 30.6 Å². The quantitative estimate of drug-likeness (QED) is 0.376. The Balaban J connectivity index is 1.78. The van der Waals surface area contributed by atoms with Crippen molar-refractivity contribution in [2.75, 3.05) is 27.2 Å². The maximum absolute atomic E-state index is 13.2. The van der Waals surface area contributed by atoms with Crippen LogP contribution in [0.15, 0.2) is 53.1 Å². The number of oxazole rings is 1. The average molecular weight is 529 g/mol. The molecule has 11 heteroatoms. The van der Waals surface area contributed by atoms with E-state index in [1.807, 2.05) is 23.9 Å². The minimum Gasteiger partial charge on any atom is -0.447 e. The van der Waals surface area contributed by atoms with E-state index in [2.05, 4.69) is 10.3 Å². The monoisotopic (exact) mass is 528 g/mol. The molecule has 0 aliphatic rings. The zero-order chi connectivity index (χ0) is 25.6. The summed E-state index contributed by atoms with van der Waals surface area (Å²) in [6, 6.07) is 10.2. The van der Waals surface area contributed by atoms with Crippen molar-refractivity contribution in [3.63, 3.8) is 0 Å². The normalized spacial score (nSPS) is 11.9. The summed E-state index contributed by atoms with van der Waals surface area (Å²) in [6.45, 7) is 1.71. The maximum Gasteiger partial charge on any atom is 0.416 e. The van der Waals surface area contributed by atoms with E-state index in [4.69, 9.17) is 27.6 Å². The van der Waals surface area contributed by atoms with Crippen LogP contribution >= 0.6 is 23.2 Å². The van der Waals surface area contributed by atoms with Gasteiger partial charge in [-0.05, 0) is 43.4 Å². The molecule has 1 aromatic heterocycles. The number of alkyl halides is 3. The van der Waals surface area contributed by atoms with Crippen LogP contribution in [0, 0.1) is 0 Å². The van der Waals surface area contributed by atoms with Crippen LogP contribution in [0.3, 0.4) is 0 Å². The van der Waals surface area contributed by atoms with Gasteiger partial charge in [0.2, 0.25) is 5.89 Å². The van der Waals surface area contributed by atoms with Gasteiger partial charge in [0, 0.05) is 36.2 Å². The first kappa shape index (κ1) is 27.0. The molecule has 0 fully saturated rings. The molecule has 0 atom stereocenters. The van der Waals surface area contributed by atoms with Crippen molar-refractivity contribution < 1.29 is 22.4 Å². The van der Waals surface area contributed by atoms with Crippen LogP contribution in [-0.4, -0.2) is 47.9 Å². The predicted molar refractivity (Wildman–Crippen MR) is 128 cm³/mol. The number of likely N-dealkylation sites (N-methyl/N-ethyl adjacent to an activating group) is 1. The van der Waals surface area contributed by atoms with Crippen LogP contribution in [0.2, 0.25) is 10.0 Å². The Morgan fingerprint density at radius 1 is 1.09 bits per heavy atom. The van der Waals surface area contributed by atoms with E-state index in [1.54, 1.807) is 24.3 Å². The van der Waals surface area contributed by atoms with Crippen LogP contribution in [0.25, 0.3) is 0 Å². The molecule has 0 radical (unpaired) electrons. The third-order valence-electron chi connectivity index (χ3n) is 5.06. The average Bonchev–Trinajstić information content (AvgIpc) is 3.23. The number of nitrogens with one attached hydrogen (secondary N) is 1. The zero-order valence-electron chi connectivity index (χ0n) is 19.2. The molecule has 0 saturated carbocycles. The number of benzene rings is 2. The Morgan fingerprint density at radius 2 is 1.86 bits per heavy atom. The van der Waals surface area contributed by atoms with E-state index in [1.165, 1.54) is 12.3 Å². The highest BCUT2D eigenvalue weighted by atomic mass is 35.5. The molecule has 35 heavy (non-hydrogen) atoms. The fourth-order valence-electron chi connectivity index (χ4n) is 3.33. The Kier molecular flexibility index (Phi) is 9.18. The van der Waals surface area contributed by atoms with Crippen LogP contribution in [-0.2, 0) is 25.8 Å². The summed E-state index contributed by atoms with van der Waals surface area (Å²) < 4.78 is 45.1. The summed E-state index contributed by atoms with van der Waals surface area (Å²) in [5.41, 5.74) is 0.587. The number of hydrogen-bond donors (Lipinski definition) is 1. The Bertz CT molecular complexity index is 1150. The lowest BCUT2D eigenvalue weighted by Crippen LogP contribution is -2.31. The summed E-state index contributed by atoms with van der Waals surface area (Å²) in [4.78, 5) is 20.3. The standard InChI is InChI=1S/C24H25Cl2F3N4O2/c1-32(2)9-8-30-23(34)21-15-35-22(31-21)14-33(13-17-6-7-19(25)11-20(17)26)12-16-4-3-5-18(10-16)24(27,28)29/h3-7,10-11,15H,8-9,12-14H2,1-2H3,(H,30,34). The highest BCUT2D eigenvalue weighted by Gasteiger charge is 2.30. The fraction of sp³-hybridized carbons (Fsp3) is 0.333. The molecule has 3 rings (SSSR count). The van der Waals surface area contributed by atoms with Gasteiger partial charge in [0.1, 0.15) is 6.26 Å². The molecule has 1 amide bonds. The van der Waals surface area contributed by atoms with Crippen LogP contribution < -0.4 is 5.32 Å². The van der Waals surface area contributed by atoms with E-state index < -0.39 is 11.7 Å². The predicted octanol–water partition coefficient (Wildman–Crippen LogP) is 5.49. The first-order chi connectivity index (χ1) is 16.5. The molecule has 1 heterocycles. The molecule has 0 spiro atoms. The van der Waals surface area contributed by atoms with Gasteiger partial charge in [-0.3, -0.25) is 9.69 Å². The lowest BCUT2D eigenvalue weighted by Gasteiger charge is -2.22. The van der Waals surface area contributed by atoms with Crippen molar-refractivity contribution in [1.82, 2.24) is 20.1 Å². The van der Waals surface area contributed by atoms with E-state index >= 15 is 0 Å². The molecular weight excluding hydrogens is 504 g/mol. The van der Waals surface area contributed by atoms with Crippen molar-refractivity contribution in [1.29, 1.82) is 0 Å². The third kappa shape index (κ3) is 8.24. The van der Waals surface area contributed by atoms with Crippen molar-refractivity contribution in [2.45, 2.75) is 25.8 Å². The van der Waals surface area contributed by atoms with Gasteiger partial charge in [0.25, 0.3) is 5.91 Å². The molecule has 0 unspecified atom stereocenters. The number of rotatable bonds is 10. The molecule has 0 saturated heterocycles. The van der Waals surface area contributed by atoms with E-state index in [0.717, 1.165) is 17.7 Å². The zero-order valence-corrected chi connectivity index (χ0v) is 20.7. The van der Waals surface area contributed by atoms with Gasteiger partial charge in [0.15, 0.2) is 5.69 Å². The minimum atomic E-state index is -4.45. The summed E-state index contributed by atoms with van der Waals surface area (Å²) in [5.74, 6) is -0.119. The fourth-order valence-corrected chi connectivity index (χ4v) is 3.79. The van der Waals surface area contributed by atoms with Gasteiger partial charge in [-0.15, -0.1) is 0 Å². The Morgan fingerprint density at radius 3 is 2.54 bits per heavy atom. The minimum absolute atomic E-state index is 0.127. The molecule has 2 aromatic carbocycles. The first-order valence-electron chi connectivity index (χ1n) is 10.7. The number of nitrogens with zero attached hydrogens (tertiary/aromatic N) is 3. The highest BCUT2D eigenvalue weighted by Crippen LogP contribution is 2.30. The second kappa shape index (κ2) is 11.9. The van der Waals surface area contributed by atoms with Crippen molar-refractivity contribution in [2.24, 2.45) is 0 Å². The van der Waals surface area contributed by atoms with E-state index in [9.17, 15) is 18.0 Å². The van der Waals surface area contributed by atoms with Gasteiger partial charge in [-0.1, -0.05) is 47.5 Å². The summed E-state index contributed by atoms with van der Waals surface area (Å²) in [6.07, 6.45) is -3.18. The highest BCUT2D eigenvalue weighted by molar-refractivity contribution is 6.35. The van der Waals surface area contributed by atoms with Gasteiger partial charge in [-0.25, -0.2) is 4.98 Å². The van der Waals surface area contributed by atoms with Gasteiger partial charge < -0.3 is 14.6 Å². The lowest BCUT2D eigenvalue weighted by molar-refractivity contribution is -0.137. The largest absolute Gasteiger partial charge is 0.447 e. The Labute approximate surface area is 211 Å². The molecule has 0 aliphatic carbocycles. The van der Waals surface area contributed by atoms with Crippen LogP contribution in [0.1, 0.15) is 33.1 Å². The maximum atomic E-state index is 13.2. The summed E-state index contributed by atoms with van der Waals surface area (Å²) >= 11 is 12.3. The van der Waals surface area contributed by atoms with Crippen molar-refractivity contribution in [3.05, 3.63) is 87.0 Å². The topological polar surface area (TPSA) is 61.6 Å². The van der Waals surface area contributed by atoms with Gasteiger partial charge >= 0.3 is 6.18 Å². The molecule has 3 aromatic rings. The van der Waals surface area contributed by atoms with E-state index in [0.29, 0.717) is 35.2 Å². The molecular formula is C24H25Cl2F3N4O2. The van der Waals surface area contributed by atoms with Gasteiger partial charge in [-0.2, -0.15) is 13.2 Å². The second-order valence-corrected chi connectivity index (χ2v) is 9.11. The smallest absolute Gasteiger partial charge is 0.416 e. The van der Waals surface area contributed by atoms with Crippen molar-refractivity contribution >= 4 is 29.1 Å². The number of halogens is 5. The SMILES string of the molecule is CN(C)CCNC(=O)c1coc(CN(Cc2cccc(C(F)(F)F)c2)Cc2ccc(Cl)cc2Cl)n1. The van der Waals surface area contributed by atoms with Gasteiger partial charge in [0.05, 0.1) is 12.1 Å². The van der Waals surface area contributed by atoms with Crippen LogP contribution in [0.4, 0.5) is 13.2 Å². The van der Waals surface area contributed by atoms with Crippen LogP contribution in [0.5, 0.6) is 0 Å². The lowest BCUT2D eigenvalue weighted by atomic mass is 10.1. The number of hydrogen-bond acceptors (Lipinski definition) is 5. The molecule has 6 nitrogen and oxygen atoms in total. The number of amides is 1. The number of aromatic nitrogens is 1. The summed E-state index contributed by atoms with van der Waals surface area (Å²) in [7, 11) is 3.79. The van der Waals surface area contributed by atoms with Crippen molar-refractivity contribution in [3.8, 4) is 0 Å². The Hall–Kier alpha value is -2.59. The number of carbonyl (C=O) groups is 1.